The Morgan fingerprint density at radius 2 is 1.95 bits per heavy atom. The van der Waals surface area contributed by atoms with Gasteiger partial charge in [-0.2, -0.15) is 5.26 Å². The van der Waals surface area contributed by atoms with Crippen LogP contribution in [0.15, 0.2) is 36.4 Å². The Morgan fingerprint density at radius 1 is 1.15 bits per heavy atom. The maximum atomic E-state index is 13.7. The average Bonchev–Trinajstić information content (AvgIpc) is 2.46. The summed E-state index contributed by atoms with van der Waals surface area (Å²) in [6.45, 7) is -0.0679. The molecule has 0 bridgehead atoms. The summed E-state index contributed by atoms with van der Waals surface area (Å²) in [5.41, 5.74) is 1.35. The van der Waals surface area contributed by atoms with E-state index < -0.39 is 11.6 Å². The smallest absolute Gasteiger partial charge is 0.165 e. The highest BCUT2D eigenvalue weighted by Gasteiger charge is 2.11. The largest absolute Gasteiger partial charge is 0.485 e. The van der Waals surface area contributed by atoms with E-state index in [-0.39, 0.29) is 12.4 Å². The Hall–Kier alpha value is -1.93. The van der Waals surface area contributed by atoms with Crippen molar-refractivity contribution < 1.29 is 13.5 Å². The van der Waals surface area contributed by atoms with Crippen molar-refractivity contribution in [2.75, 3.05) is 0 Å². The first-order valence-corrected chi connectivity index (χ1v) is 6.92. The lowest BCUT2D eigenvalue weighted by Crippen LogP contribution is -2.02. The highest BCUT2D eigenvalue weighted by Crippen LogP contribution is 2.26. The number of para-hydroxylation sites is 1. The van der Waals surface area contributed by atoms with Gasteiger partial charge in [0.2, 0.25) is 0 Å². The van der Waals surface area contributed by atoms with Gasteiger partial charge in [0.1, 0.15) is 12.4 Å². The summed E-state index contributed by atoms with van der Waals surface area (Å²) in [7, 11) is 0. The molecule has 0 spiro atoms. The normalized spacial score (nSPS) is 10.1. The minimum absolute atomic E-state index is 0.0679. The molecule has 0 N–H and O–H groups in total. The van der Waals surface area contributed by atoms with Crippen molar-refractivity contribution in [3.63, 3.8) is 0 Å². The van der Waals surface area contributed by atoms with Gasteiger partial charge < -0.3 is 4.74 Å². The molecular formula is C15H10BrF2NO. The van der Waals surface area contributed by atoms with Crippen LogP contribution in [0.3, 0.4) is 0 Å². The van der Waals surface area contributed by atoms with Crippen LogP contribution in [0.1, 0.15) is 16.7 Å². The molecule has 2 rings (SSSR count). The first kappa shape index (κ1) is 14.5. The number of alkyl halides is 1. The van der Waals surface area contributed by atoms with Crippen molar-refractivity contribution >= 4 is 15.9 Å². The predicted molar refractivity (Wildman–Crippen MR) is 74.5 cm³/mol. The summed E-state index contributed by atoms with van der Waals surface area (Å²) < 4.78 is 32.3. The molecule has 0 aliphatic rings. The number of rotatable bonds is 4. The van der Waals surface area contributed by atoms with E-state index in [1.807, 2.05) is 6.07 Å². The van der Waals surface area contributed by atoms with Crippen LogP contribution < -0.4 is 4.74 Å². The quantitative estimate of drug-likeness (QED) is 0.779. The fraction of sp³-hybridized carbons (Fsp3) is 0.133. The SMILES string of the molecule is N#Cc1ccc(F)cc1COc1c(F)cccc1CBr. The molecule has 102 valence electrons. The molecule has 0 aliphatic carbocycles. The van der Waals surface area contributed by atoms with E-state index in [2.05, 4.69) is 15.9 Å². The lowest BCUT2D eigenvalue weighted by atomic mass is 10.1. The second-order valence-electron chi connectivity index (χ2n) is 4.06. The number of nitrogens with zero attached hydrogens (tertiary/aromatic N) is 1. The molecule has 0 unspecified atom stereocenters. The average molecular weight is 338 g/mol. The van der Waals surface area contributed by atoms with Crippen molar-refractivity contribution in [3.05, 3.63) is 64.7 Å². The monoisotopic (exact) mass is 337 g/mol. The van der Waals surface area contributed by atoms with E-state index in [9.17, 15) is 8.78 Å². The van der Waals surface area contributed by atoms with Gasteiger partial charge in [0, 0.05) is 16.5 Å². The molecule has 0 atom stereocenters. The Bertz CT molecular complexity index is 667. The number of ether oxygens (including phenoxy) is 1. The van der Waals surface area contributed by atoms with E-state index in [0.717, 1.165) is 0 Å². The molecule has 0 aliphatic heterocycles. The van der Waals surface area contributed by atoms with Gasteiger partial charge in [0.05, 0.1) is 11.6 Å². The topological polar surface area (TPSA) is 33.0 Å². The predicted octanol–water partition coefficient (Wildman–Crippen LogP) is 4.31. The molecule has 0 amide bonds. The molecule has 0 saturated heterocycles. The van der Waals surface area contributed by atoms with Gasteiger partial charge in [-0.25, -0.2) is 8.78 Å². The summed E-state index contributed by atoms with van der Waals surface area (Å²) in [6, 6.07) is 10.3. The summed E-state index contributed by atoms with van der Waals surface area (Å²) >= 11 is 3.25. The van der Waals surface area contributed by atoms with Crippen molar-refractivity contribution in [3.8, 4) is 11.8 Å². The Morgan fingerprint density at radius 3 is 2.65 bits per heavy atom. The number of hydrogen-bond acceptors (Lipinski definition) is 2. The Labute approximate surface area is 123 Å². The van der Waals surface area contributed by atoms with Crippen LogP contribution in [-0.4, -0.2) is 0 Å². The third-order valence-electron chi connectivity index (χ3n) is 2.75. The number of benzene rings is 2. The van der Waals surface area contributed by atoms with Crippen LogP contribution >= 0.6 is 15.9 Å². The summed E-state index contributed by atoms with van der Waals surface area (Å²) in [5, 5.41) is 9.39. The molecule has 0 saturated carbocycles. The number of hydrogen-bond donors (Lipinski definition) is 0. The zero-order valence-corrected chi connectivity index (χ0v) is 12.0. The van der Waals surface area contributed by atoms with Crippen LogP contribution in [0.25, 0.3) is 0 Å². The van der Waals surface area contributed by atoms with E-state index in [1.165, 1.54) is 24.3 Å². The molecule has 0 fully saturated rings. The first-order chi connectivity index (χ1) is 9.65. The Kier molecular flexibility index (Phi) is 4.70. The molecular weight excluding hydrogens is 328 g/mol. The number of nitriles is 1. The van der Waals surface area contributed by atoms with Crippen LogP contribution in [0, 0.1) is 23.0 Å². The second-order valence-corrected chi connectivity index (χ2v) is 4.62. The molecule has 0 aromatic heterocycles. The van der Waals surface area contributed by atoms with E-state index in [4.69, 9.17) is 10.00 Å². The minimum Gasteiger partial charge on any atom is -0.485 e. The molecule has 2 aromatic carbocycles. The van der Waals surface area contributed by atoms with E-state index in [1.54, 1.807) is 12.1 Å². The van der Waals surface area contributed by atoms with Crippen molar-refractivity contribution in [1.82, 2.24) is 0 Å². The van der Waals surface area contributed by atoms with Crippen LogP contribution in [0.2, 0.25) is 0 Å². The third-order valence-corrected chi connectivity index (χ3v) is 3.36. The second kappa shape index (κ2) is 6.49. The van der Waals surface area contributed by atoms with E-state index in [0.29, 0.717) is 22.0 Å². The molecule has 0 radical (unpaired) electrons. The van der Waals surface area contributed by atoms with E-state index >= 15 is 0 Å². The highest BCUT2D eigenvalue weighted by molar-refractivity contribution is 9.08. The summed E-state index contributed by atoms with van der Waals surface area (Å²) in [5.74, 6) is -0.841. The first-order valence-electron chi connectivity index (χ1n) is 5.80. The zero-order chi connectivity index (χ0) is 14.5. The standard InChI is InChI=1S/C15H10BrF2NO/c16-7-10-2-1-3-14(18)15(10)20-9-12-6-13(17)5-4-11(12)8-19/h1-6H,7,9H2. The van der Waals surface area contributed by atoms with Crippen molar-refractivity contribution in [2.24, 2.45) is 0 Å². The van der Waals surface area contributed by atoms with Gasteiger partial charge in [0.25, 0.3) is 0 Å². The molecule has 2 nitrogen and oxygen atoms in total. The third kappa shape index (κ3) is 3.14. The molecule has 5 heteroatoms. The lowest BCUT2D eigenvalue weighted by Gasteiger charge is -2.11. The summed E-state index contributed by atoms with van der Waals surface area (Å²) in [6.07, 6.45) is 0. The Balaban J connectivity index is 2.26. The molecule has 0 heterocycles. The molecule has 20 heavy (non-hydrogen) atoms. The zero-order valence-electron chi connectivity index (χ0n) is 10.4. The fourth-order valence-electron chi connectivity index (χ4n) is 1.76. The van der Waals surface area contributed by atoms with Gasteiger partial charge in [0.15, 0.2) is 11.6 Å². The van der Waals surface area contributed by atoms with Gasteiger partial charge >= 0.3 is 0 Å². The maximum Gasteiger partial charge on any atom is 0.165 e. The van der Waals surface area contributed by atoms with Crippen LogP contribution in [0.4, 0.5) is 8.78 Å². The lowest BCUT2D eigenvalue weighted by molar-refractivity contribution is 0.287. The minimum atomic E-state index is -0.489. The number of halogens is 3. The van der Waals surface area contributed by atoms with Crippen LogP contribution in [0.5, 0.6) is 5.75 Å². The maximum absolute atomic E-state index is 13.7. The van der Waals surface area contributed by atoms with Gasteiger partial charge in [-0.15, -0.1) is 0 Å². The van der Waals surface area contributed by atoms with Crippen LogP contribution in [-0.2, 0) is 11.9 Å². The highest BCUT2D eigenvalue weighted by atomic mass is 79.9. The molecule has 2 aromatic rings. The van der Waals surface area contributed by atoms with Gasteiger partial charge in [-0.05, 0) is 24.3 Å². The van der Waals surface area contributed by atoms with Crippen molar-refractivity contribution in [1.29, 1.82) is 5.26 Å². The van der Waals surface area contributed by atoms with Gasteiger partial charge in [-0.1, -0.05) is 28.1 Å². The van der Waals surface area contributed by atoms with Gasteiger partial charge in [-0.3, -0.25) is 0 Å². The van der Waals surface area contributed by atoms with Crippen molar-refractivity contribution in [2.45, 2.75) is 11.9 Å². The summed E-state index contributed by atoms with van der Waals surface area (Å²) in [4.78, 5) is 0. The fourth-order valence-corrected chi connectivity index (χ4v) is 2.20.